The summed E-state index contributed by atoms with van der Waals surface area (Å²) in [5, 5.41) is 13.6. The standard InChI is InChI=1S/C23H24F3N5O2/c24-19-6-2-1-5-18(19)20(32)28-17-9-7-16(8-10-17)21-29-30-22(33-21)27-12-4-14-31-13-3-11-23(25,26)15-31/h1-2,5-10H,3-4,11-15H2,(H,27,30)(H,28,32). The van der Waals surface area contributed by atoms with Gasteiger partial charge in [0, 0.05) is 30.8 Å². The van der Waals surface area contributed by atoms with Gasteiger partial charge < -0.3 is 15.1 Å². The molecule has 0 unspecified atom stereocenters. The average molecular weight is 459 g/mol. The summed E-state index contributed by atoms with van der Waals surface area (Å²) in [6.45, 7) is 1.60. The van der Waals surface area contributed by atoms with Gasteiger partial charge in [0.05, 0.1) is 12.1 Å². The first-order valence-electron chi connectivity index (χ1n) is 10.7. The summed E-state index contributed by atoms with van der Waals surface area (Å²) in [7, 11) is 0. The van der Waals surface area contributed by atoms with Gasteiger partial charge in [-0.1, -0.05) is 17.2 Å². The molecule has 7 nitrogen and oxygen atoms in total. The second kappa shape index (κ2) is 10.0. The number of hydrogen-bond donors (Lipinski definition) is 2. The first-order chi connectivity index (χ1) is 15.9. The summed E-state index contributed by atoms with van der Waals surface area (Å²) < 4.78 is 46.2. The molecule has 1 saturated heterocycles. The number of carbonyl (C=O) groups is 1. The third kappa shape index (κ3) is 6.10. The van der Waals surface area contributed by atoms with Crippen LogP contribution in [0.25, 0.3) is 11.5 Å². The molecule has 2 N–H and O–H groups in total. The third-order valence-corrected chi connectivity index (χ3v) is 5.33. The summed E-state index contributed by atoms with van der Waals surface area (Å²) in [5.41, 5.74) is 1.10. The number of hydrogen-bond acceptors (Lipinski definition) is 6. The lowest BCUT2D eigenvalue weighted by Gasteiger charge is -2.32. The van der Waals surface area contributed by atoms with Crippen LogP contribution in [0.15, 0.2) is 52.9 Å². The van der Waals surface area contributed by atoms with Crippen LogP contribution in [-0.4, -0.2) is 53.1 Å². The zero-order valence-corrected chi connectivity index (χ0v) is 17.9. The van der Waals surface area contributed by atoms with Crippen molar-refractivity contribution >= 4 is 17.6 Å². The van der Waals surface area contributed by atoms with Gasteiger partial charge in [-0.3, -0.25) is 9.69 Å². The van der Waals surface area contributed by atoms with Gasteiger partial charge in [-0.15, -0.1) is 5.10 Å². The van der Waals surface area contributed by atoms with E-state index in [9.17, 15) is 18.0 Å². The number of benzene rings is 2. The predicted molar refractivity (Wildman–Crippen MR) is 118 cm³/mol. The smallest absolute Gasteiger partial charge is 0.315 e. The quantitative estimate of drug-likeness (QED) is 0.477. The maximum Gasteiger partial charge on any atom is 0.315 e. The Morgan fingerprint density at radius 2 is 1.91 bits per heavy atom. The minimum absolute atomic E-state index is 0.0363. The molecule has 3 aromatic rings. The SMILES string of the molecule is O=C(Nc1ccc(-c2nnc(NCCCN3CCCC(F)(F)C3)o2)cc1)c1ccccc1F. The Morgan fingerprint density at radius 3 is 2.67 bits per heavy atom. The van der Waals surface area contributed by atoms with Gasteiger partial charge in [-0.25, -0.2) is 13.2 Å². The molecule has 2 heterocycles. The molecule has 0 radical (unpaired) electrons. The highest BCUT2D eigenvalue weighted by atomic mass is 19.3. The van der Waals surface area contributed by atoms with E-state index in [0.29, 0.717) is 49.6 Å². The zero-order chi connectivity index (χ0) is 23.3. The van der Waals surface area contributed by atoms with Crippen LogP contribution in [0.5, 0.6) is 0 Å². The monoisotopic (exact) mass is 459 g/mol. The van der Waals surface area contributed by atoms with Crippen molar-refractivity contribution in [2.75, 3.05) is 36.8 Å². The van der Waals surface area contributed by atoms with E-state index in [4.69, 9.17) is 4.42 Å². The van der Waals surface area contributed by atoms with Crippen LogP contribution in [0.1, 0.15) is 29.6 Å². The van der Waals surface area contributed by atoms with Crippen molar-refractivity contribution in [3.05, 3.63) is 59.9 Å². The number of halogens is 3. The van der Waals surface area contributed by atoms with Crippen molar-refractivity contribution in [2.45, 2.75) is 25.2 Å². The fraction of sp³-hybridized carbons (Fsp3) is 0.348. The van der Waals surface area contributed by atoms with E-state index < -0.39 is 17.6 Å². The van der Waals surface area contributed by atoms with E-state index in [1.54, 1.807) is 35.2 Å². The van der Waals surface area contributed by atoms with E-state index in [1.807, 2.05) is 0 Å². The molecule has 1 aliphatic heterocycles. The molecule has 0 saturated carbocycles. The summed E-state index contributed by atoms with van der Waals surface area (Å²) in [6.07, 6.45) is 1.15. The fourth-order valence-electron chi connectivity index (χ4n) is 3.69. The molecule has 4 rings (SSSR count). The molecule has 33 heavy (non-hydrogen) atoms. The van der Waals surface area contributed by atoms with Gasteiger partial charge >= 0.3 is 6.01 Å². The molecule has 1 amide bonds. The van der Waals surface area contributed by atoms with E-state index >= 15 is 0 Å². The molecule has 1 aromatic heterocycles. The van der Waals surface area contributed by atoms with Crippen molar-refractivity contribution in [1.29, 1.82) is 0 Å². The average Bonchev–Trinajstić information content (AvgIpc) is 3.26. The highest BCUT2D eigenvalue weighted by Gasteiger charge is 2.34. The van der Waals surface area contributed by atoms with Crippen LogP contribution in [0.3, 0.4) is 0 Å². The molecule has 0 aliphatic carbocycles. The summed E-state index contributed by atoms with van der Waals surface area (Å²) in [4.78, 5) is 14.0. The van der Waals surface area contributed by atoms with Crippen LogP contribution >= 0.6 is 0 Å². The second-order valence-corrected chi connectivity index (χ2v) is 7.94. The number of nitrogens with one attached hydrogen (secondary N) is 2. The number of alkyl halides is 2. The van der Waals surface area contributed by atoms with Crippen molar-refractivity contribution in [3.63, 3.8) is 0 Å². The molecular weight excluding hydrogens is 435 g/mol. The minimum Gasteiger partial charge on any atom is -0.403 e. The Kier molecular flexibility index (Phi) is 6.93. The number of rotatable bonds is 8. The van der Waals surface area contributed by atoms with Gasteiger partial charge in [0.25, 0.3) is 11.8 Å². The number of anilines is 2. The first-order valence-corrected chi connectivity index (χ1v) is 10.7. The van der Waals surface area contributed by atoms with Crippen molar-refractivity contribution in [3.8, 4) is 11.5 Å². The lowest BCUT2D eigenvalue weighted by molar-refractivity contribution is -0.0638. The molecular formula is C23H24F3N5O2. The Labute approximate surface area is 189 Å². The van der Waals surface area contributed by atoms with E-state index in [-0.39, 0.29) is 24.5 Å². The summed E-state index contributed by atoms with van der Waals surface area (Å²) in [5.74, 6) is -3.44. The maximum atomic E-state index is 13.7. The molecule has 10 heteroatoms. The van der Waals surface area contributed by atoms with E-state index in [0.717, 1.165) is 0 Å². The lowest BCUT2D eigenvalue weighted by atomic mass is 10.1. The maximum absolute atomic E-state index is 13.7. The predicted octanol–water partition coefficient (Wildman–Crippen LogP) is 4.66. The number of nitrogens with zero attached hydrogens (tertiary/aromatic N) is 3. The topological polar surface area (TPSA) is 83.3 Å². The van der Waals surface area contributed by atoms with Crippen molar-refractivity contribution < 1.29 is 22.4 Å². The number of aromatic nitrogens is 2. The molecule has 0 spiro atoms. The second-order valence-electron chi connectivity index (χ2n) is 7.94. The summed E-state index contributed by atoms with van der Waals surface area (Å²) >= 11 is 0. The van der Waals surface area contributed by atoms with Crippen LogP contribution < -0.4 is 10.6 Å². The zero-order valence-electron chi connectivity index (χ0n) is 17.9. The fourth-order valence-corrected chi connectivity index (χ4v) is 3.69. The first kappa shape index (κ1) is 22.8. The Morgan fingerprint density at radius 1 is 1.12 bits per heavy atom. The molecule has 1 fully saturated rings. The van der Waals surface area contributed by atoms with Gasteiger partial charge in [-0.05, 0) is 55.8 Å². The van der Waals surface area contributed by atoms with Gasteiger partial charge in [0.2, 0.25) is 5.89 Å². The van der Waals surface area contributed by atoms with E-state index in [1.165, 1.54) is 18.2 Å². The number of carbonyl (C=O) groups excluding carboxylic acids is 1. The normalized spacial score (nSPS) is 15.8. The van der Waals surface area contributed by atoms with Crippen LogP contribution in [-0.2, 0) is 0 Å². The van der Waals surface area contributed by atoms with Gasteiger partial charge in [0.1, 0.15) is 5.82 Å². The molecule has 2 aromatic carbocycles. The number of likely N-dealkylation sites (tertiary alicyclic amines) is 1. The van der Waals surface area contributed by atoms with Gasteiger partial charge in [0.15, 0.2) is 0 Å². The lowest BCUT2D eigenvalue weighted by Crippen LogP contribution is -2.43. The Bertz CT molecular complexity index is 1090. The molecule has 0 bridgehead atoms. The highest BCUT2D eigenvalue weighted by molar-refractivity contribution is 6.04. The van der Waals surface area contributed by atoms with E-state index in [2.05, 4.69) is 20.8 Å². The molecule has 0 atom stereocenters. The highest BCUT2D eigenvalue weighted by Crippen LogP contribution is 2.26. The van der Waals surface area contributed by atoms with Crippen molar-refractivity contribution in [1.82, 2.24) is 15.1 Å². The van der Waals surface area contributed by atoms with Crippen LogP contribution in [0.2, 0.25) is 0 Å². The minimum atomic E-state index is -2.59. The van der Waals surface area contributed by atoms with Crippen molar-refractivity contribution in [2.24, 2.45) is 0 Å². The number of amides is 1. The summed E-state index contributed by atoms with van der Waals surface area (Å²) in [6, 6.07) is 12.7. The van der Waals surface area contributed by atoms with Crippen LogP contribution in [0.4, 0.5) is 24.9 Å². The van der Waals surface area contributed by atoms with Crippen LogP contribution in [0, 0.1) is 5.82 Å². The number of piperidine rings is 1. The molecule has 174 valence electrons. The van der Waals surface area contributed by atoms with Gasteiger partial charge in [-0.2, -0.15) is 0 Å². The Balaban J connectivity index is 1.26. The molecule has 1 aliphatic rings. The Hall–Kier alpha value is -3.40. The largest absolute Gasteiger partial charge is 0.403 e. The third-order valence-electron chi connectivity index (χ3n) is 5.33.